The van der Waals surface area contributed by atoms with Crippen LogP contribution < -0.4 is 4.67 Å². The molecule has 2 aliphatic heterocycles. The van der Waals surface area contributed by atoms with Crippen LogP contribution in [-0.2, 0) is 4.74 Å². The minimum atomic E-state index is -3.30. The quantitative estimate of drug-likeness (QED) is 0.220. The maximum atomic E-state index is 14.3. The van der Waals surface area contributed by atoms with Crippen molar-refractivity contribution in [3.63, 3.8) is 0 Å². The van der Waals surface area contributed by atoms with Crippen LogP contribution in [0, 0.1) is 29.6 Å². The second-order valence-corrected chi connectivity index (χ2v) is 11.1. The highest BCUT2D eigenvalue weighted by Crippen LogP contribution is 2.52. The maximum absolute atomic E-state index is 14.3. The molecule has 9 heteroatoms. The van der Waals surface area contributed by atoms with Crippen molar-refractivity contribution in [3.8, 4) is 0 Å². The van der Waals surface area contributed by atoms with Gasteiger partial charge in [0.1, 0.15) is 12.4 Å². The zero-order valence-electron chi connectivity index (χ0n) is 22.0. The number of hydrogen-bond donors (Lipinski definition) is 2. The highest BCUT2D eigenvalue weighted by molar-refractivity contribution is 6.20. The fourth-order valence-electron chi connectivity index (χ4n) is 5.68. The van der Waals surface area contributed by atoms with Crippen molar-refractivity contribution in [1.82, 2.24) is 4.67 Å². The molecule has 0 aromatic heterocycles. The standard InChI is InChI=1S/C29H35F5NO3/c1-5-6-7-23-17(11-21(20-8-15(20)2)25-26(36)22(30)14-38-27(25)37)12-24(35-23)16-9-18(28(3,31)32)13-19(10-16)29(4,33)34/h5-6,9,12-15,19-21,25-27,36-37H,7-8,10-11H2,1-4H3/q+1/b6-5+. The van der Waals surface area contributed by atoms with Gasteiger partial charge in [0, 0.05) is 35.6 Å². The van der Waals surface area contributed by atoms with E-state index < -0.39 is 47.5 Å². The van der Waals surface area contributed by atoms with Gasteiger partial charge in [-0.25, -0.2) is 22.0 Å². The third kappa shape index (κ3) is 6.05. The number of rotatable bonds is 9. The van der Waals surface area contributed by atoms with Gasteiger partial charge in [-0.2, -0.15) is 0 Å². The van der Waals surface area contributed by atoms with Crippen LogP contribution in [0.5, 0.6) is 0 Å². The van der Waals surface area contributed by atoms with Crippen LogP contribution in [0.25, 0.3) is 0 Å². The highest BCUT2D eigenvalue weighted by Gasteiger charge is 2.51. The Kier molecular flexibility index (Phi) is 7.95. The minimum Gasteiger partial charge on any atom is -0.470 e. The molecule has 2 N–H and O–H groups in total. The van der Waals surface area contributed by atoms with Gasteiger partial charge in [-0.3, -0.25) is 0 Å². The second-order valence-electron chi connectivity index (χ2n) is 11.1. The van der Waals surface area contributed by atoms with Gasteiger partial charge in [-0.05, 0) is 56.9 Å². The number of ether oxygens (including phenoxy) is 1. The third-order valence-corrected chi connectivity index (χ3v) is 8.09. The number of nitrogens with zero attached hydrogens (tertiary/aromatic N) is 1. The smallest absolute Gasteiger partial charge is 0.331 e. The molecule has 0 aromatic rings. The first-order chi connectivity index (χ1) is 17.7. The molecular weight excluding hydrogens is 505 g/mol. The molecule has 4 aliphatic rings. The van der Waals surface area contributed by atoms with E-state index in [0.29, 0.717) is 42.7 Å². The van der Waals surface area contributed by atoms with Gasteiger partial charge >= 0.3 is 11.4 Å². The van der Waals surface area contributed by atoms with Crippen LogP contribution in [0.3, 0.4) is 0 Å². The summed E-state index contributed by atoms with van der Waals surface area (Å²) in [5.41, 5.74) is 1.57. The van der Waals surface area contributed by atoms with Crippen molar-refractivity contribution in [1.29, 1.82) is 0 Å². The van der Waals surface area contributed by atoms with Crippen LogP contribution in [0.2, 0.25) is 0 Å². The molecule has 0 bridgehead atoms. The molecule has 0 spiro atoms. The number of alkyl halides is 4. The summed E-state index contributed by atoms with van der Waals surface area (Å²) >= 11 is 0. The Bertz CT molecular complexity index is 1160. The molecule has 7 atom stereocenters. The van der Waals surface area contributed by atoms with Crippen molar-refractivity contribution >= 4 is 11.4 Å². The van der Waals surface area contributed by atoms with Crippen LogP contribution in [0.1, 0.15) is 53.4 Å². The first-order valence-electron chi connectivity index (χ1n) is 13.0. The van der Waals surface area contributed by atoms with E-state index in [1.54, 1.807) is 6.08 Å². The summed E-state index contributed by atoms with van der Waals surface area (Å²) < 4.78 is 81.1. The Morgan fingerprint density at radius 3 is 2.45 bits per heavy atom. The lowest BCUT2D eigenvalue weighted by atomic mass is 9.76. The Morgan fingerprint density at radius 1 is 1.18 bits per heavy atom. The number of hydrogen-bond acceptors (Lipinski definition) is 3. The molecule has 208 valence electrons. The largest absolute Gasteiger partial charge is 0.470 e. The summed E-state index contributed by atoms with van der Waals surface area (Å²) in [4.78, 5) is 0. The average Bonchev–Trinajstić information content (AvgIpc) is 3.42. The molecule has 1 saturated carbocycles. The molecule has 7 unspecified atom stereocenters. The zero-order valence-corrected chi connectivity index (χ0v) is 22.0. The minimum absolute atomic E-state index is 0.108. The van der Waals surface area contributed by atoms with Crippen LogP contribution >= 0.6 is 0 Å². The number of halogens is 5. The molecule has 0 saturated heterocycles. The Morgan fingerprint density at radius 2 is 1.87 bits per heavy atom. The molecule has 0 amide bonds. The monoisotopic (exact) mass is 540 g/mol. The Balaban J connectivity index is 1.70. The first kappa shape index (κ1) is 28.5. The maximum Gasteiger partial charge on any atom is 0.331 e. The van der Waals surface area contributed by atoms with Gasteiger partial charge in [0.2, 0.25) is 6.29 Å². The van der Waals surface area contributed by atoms with Crippen LogP contribution in [-0.4, -0.2) is 45.9 Å². The average molecular weight is 541 g/mol. The number of allylic oxidation sites excluding steroid dienone is 8. The van der Waals surface area contributed by atoms with Gasteiger partial charge in [-0.1, -0.05) is 29.8 Å². The van der Waals surface area contributed by atoms with E-state index in [9.17, 15) is 32.2 Å². The number of aliphatic hydroxyl groups is 2. The highest BCUT2D eigenvalue weighted by atomic mass is 19.3. The van der Waals surface area contributed by atoms with E-state index >= 15 is 0 Å². The SMILES string of the molecule is C/C=C/CC1=[N+]=C(C2=CC(C(C)(F)F)=CC(C(C)(F)F)C2)C=C1CC(C1CC1C)C1C(O)OC=C(F)C1O. The molecule has 4 rings (SSSR count). The van der Waals surface area contributed by atoms with Crippen molar-refractivity contribution in [2.45, 2.75) is 77.6 Å². The third-order valence-electron chi connectivity index (χ3n) is 8.09. The second kappa shape index (κ2) is 10.6. The van der Waals surface area contributed by atoms with Crippen molar-refractivity contribution in [2.24, 2.45) is 29.6 Å². The van der Waals surface area contributed by atoms with E-state index in [1.807, 2.05) is 26.0 Å². The van der Waals surface area contributed by atoms with E-state index in [2.05, 4.69) is 4.67 Å². The van der Waals surface area contributed by atoms with E-state index in [-0.39, 0.29) is 18.3 Å². The fraction of sp³-hybridized carbons (Fsp3) is 0.586. The van der Waals surface area contributed by atoms with E-state index in [1.165, 1.54) is 6.08 Å². The predicted octanol–water partition coefficient (Wildman–Crippen LogP) is 5.82. The van der Waals surface area contributed by atoms with Crippen LogP contribution in [0.15, 0.2) is 59.2 Å². The summed E-state index contributed by atoms with van der Waals surface area (Å²) in [5, 5.41) is 21.1. The van der Waals surface area contributed by atoms with E-state index in [0.717, 1.165) is 31.3 Å². The van der Waals surface area contributed by atoms with E-state index in [4.69, 9.17) is 4.74 Å². The van der Waals surface area contributed by atoms with Gasteiger partial charge < -0.3 is 14.9 Å². The lowest BCUT2D eigenvalue weighted by Crippen LogP contribution is -2.43. The molecule has 2 aliphatic carbocycles. The van der Waals surface area contributed by atoms with Crippen LogP contribution in [0.4, 0.5) is 22.0 Å². The molecule has 4 nitrogen and oxygen atoms in total. The summed E-state index contributed by atoms with van der Waals surface area (Å²) in [6.45, 7) is 5.29. The van der Waals surface area contributed by atoms with Crippen molar-refractivity contribution < 1.29 is 36.9 Å². The molecule has 0 radical (unpaired) electrons. The molecule has 38 heavy (non-hydrogen) atoms. The lowest BCUT2D eigenvalue weighted by molar-refractivity contribution is -0.158. The predicted molar refractivity (Wildman–Crippen MR) is 136 cm³/mol. The normalized spacial score (nSPS) is 32.6. The first-order valence-corrected chi connectivity index (χ1v) is 13.0. The summed E-state index contributed by atoms with van der Waals surface area (Å²) in [6.07, 6.45) is 6.90. The number of aliphatic hydroxyl groups excluding tert-OH is 2. The van der Waals surface area contributed by atoms with Crippen molar-refractivity contribution in [2.75, 3.05) is 0 Å². The zero-order chi connectivity index (χ0) is 28.0. The topological polar surface area (TPSA) is 63.8 Å². The van der Waals surface area contributed by atoms with Gasteiger partial charge in [0.15, 0.2) is 5.83 Å². The fourth-order valence-corrected chi connectivity index (χ4v) is 5.68. The summed E-state index contributed by atoms with van der Waals surface area (Å²) in [7, 11) is 0. The molecule has 2 heterocycles. The Labute approximate surface area is 219 Å². The van der Waals surface area contributed by atoms with Gasteiger partial charge in [-0.15, -0.1) is 0 Å². The van der Waals surface area contributed by atoms with Crippen molar-refractivity contribution in [3.05, 3.63) is 59.2 Å². The van der Waals surface area contributed by atoms with Gasteiger partial charge in [0.05, 0.1) is 12.3 Å². The molecule has 0 aromatic carbocycles. The lowest BCUT2D eigenvalue weighted by Gasteiger charge is -2.36. The Hall–Kier alpha value is -2.48. The molecular formula is C29H35F5NO3+. The van der Waals surface area contributed by atoms with Gasteiger partial charge in [0.25, 0.3) is 11.8 Å². The summed E-state index contributed by atoms with van der Waals surface area (Å²) in [5.74, 6) is -9.59. The summed E-state index contributed by atoms with van der Waals surface area (Å²) in [6, 6.07) is 0. The molecule has 1 fully saturated rings.